The zero-order valence-corrected chi connectivity index (χ0v) is 20.0. The lowest BCUT2D eigenvalue weighted by Gasteiger charge is -2.20. The molecule has 1 heterocycles. The summed E-state index contributed by atoms with van der Waals surface area (Å²) in [5, 5.41) is 2.88. The lowest BCUT2D eigenvalue weighted by atomic mass is 9.89. The second kappa shape index (κ2) is 10.4. The van der Waals surface area contributed by atoms with Crippen LogP contribution in [-0.2, 0) is 37.2 Å². The molecule has 9 heteroatoms. The normalized spacial score (nSPS) is 17.9. The van der Waals surface area contributed by atoms with Crippen LogP contribution in [0.15, 0.2) is 52.4 Å². The Morgan fingerprint density at radius 2 is 1.88 bits per heavy atom. The highest BCUT2D eigenvalue weighted by Crippen LogP contribution is 2.25. The molecule has 2 aromatic carbocycles. The molecule has 0 fully saturated rings. The van der Waals surface area contributed by atoms with Gasteiger partial charge in [0, 0.05) is 18.5 Å². The van der Waals surface area contributed by atoms with Gasteiger partial charge in [0.1, 0.15) is 5.84 Å². The third-order valence-corrected chi connectivity index (χ3v) is 7.48. The van der Waals surface area contributed by atoms with E-state index >= 15 is 0 Å². The summed E-state index contributed by atoms with van der Waals surface area (Å²) in [6.45, 7) is 1.83. The average molecular weight is 484 g/mol. The Morgan fingerprint density at radius 1 is 1.12 bits per heavy atom. The molecule has 0 bridgehead atoms. The SMILES string of the molecule is CC(NC(=O)COC(=O)CCCN=C1NS(=O)(=O)c2ccccc21)c1ccc2c(c1)CCCC2. The molecule has 1 atom stereocenters. The second-order valence-electron chi connectivity index (χ2n) is 8.62. The molecule has 1 aliphatic carbocycles. The van der Waals surface area contributed by atoms with Crippen LogP contribution >= 0.6 is 0 Å². The van der Waals surface area contributed by atoms with Gasteiger partial charge in [-0.3, -0.25) is 19.3 Å². The number of amides is 1. The zero-order valence-electron chi connectivity index (χ0n) is 19.2. The fourth-order valence-corrected chi connectivity index (χ4v) is 5.52. The second-order valence-corrected chi connectivity index (χ2v) is 10.3. The Bertz CT molecular complexity index is 1220. The molecule has 2 aliphatic rings. The Labute approximate surface area is 199 Å². The van der Waals surface area contributed by atoms with E-state index in [4.69, 9.17) is 4.74 Å². The van der Waals surface area contributed by atoms with E-state index in [2.05, 4.69) is 27.2 Å². The molecule has 0 saturated carbocycles. The molecule has 0 saturated heterocycles. The predicted molar refractivity (Wildman–Crippen MR) is 128 cm³/mol. The lowest BCUT2D eigenvalue weighted by molar-refractivity contribution is -0.148. The molecule has 1 aliphatic heterocycles. The standard InChI is InChI=1S/C25H29N3O5S/c1-17(19-13-12-18-7-2-3-8-20(18)15-19)27-23(29)16-33-24(30)11-6-14-26-25-21-9-4-5-10-22(21)34(31,32)28-25/h4-5,9-10,12-13,15,17H,2-3,6-8,11,14,16H2,1H3,(H,26,28)(H,27,29). The van der Waals surface area contributed by atoms with Crippen LogP contribution < -0.4 is 10.0 Å². The van der Waals surface area contributed by atoms with Gasteiger partial charge in [-0.2, -0.15) is 0 Å². The lowest BCUT2D eigenvalue weighted by Crippen LogP contribution is -2.31. The van der Waals surface area contributed by atoms with E-state index in [0.717, 1.165) is 18.4 Å². The first-order valence-corrected chi connectivity index (χ1v) is 13.0. The topological polar surface area (TPSA) is 114 Å². The number of benzene rings is 2. The molecule has 0 radical (unpaired) electrons. The number of aliphatic imine (C=N–C) groups is 1. The van der Waals surface area contributed by atoms with Crippen LogP contribution in [0.3, 0.4) is 0 Å². The number of fused-ring (bicyclic) bond motifs is 2. The van der Waals surface area contributed by atoms with E-state index < -0.39 is 16.0 Å². The molecule has 2 N–H and O–H groups in total. The highest BCUT2D eigenvalue weighted by molar-refractivity contribution is 7.90. The molecule has 1 unspecified atom stereocenters. The van der Waals surface area contributed by atoms with Crippen molar-refractivity contribution in [1.29, 1.82) is 0 Å². The van der Waals surface area contributed by atoms with Crippen molar-refractivity contribution in [2.75, 3.05) is 13.2 Å². The number of sulfonamides is 1. The Hall–Kier alpha value is -3.20. The first-order chi connectivity index (χ1) is 16.3. The number of carbonyl (C=O) groups excluding carboxylic acids is 2. The maximum absolute atomic E-state index is 12.2. The average Bonchev–Trinajstić information content (AvgIpc) is 3.10. The number of rotatable bonds is 8. The van der Waals surface area contributed by atoms with Gasteiger partial charge in [0.25, 0.3) is 15.9 Å². The third kappa shape index (κ3) is 5.64. The van der Waals surface area contributed by atoms with E-state index in [1.165, 1.54) is 30.0 Å². The smallest absolute Gasteiger partial charge is 0.306 e. The van der Waals surface area contributed by atoms with E-state index in [9.17, 15) is 18.0 Å². The van der Waals surface area contributed by atoms with Gasteiger partial charge < -0.3 is 10.1 Å². The number of aryl methyl sites for hydroxylation is 2. The van der Waals surface area contributed by atoms with Crippen molar-refractivity contribution in [3.63, 3.8) is 0 Å². The maximum atomic E-state index is 12.2. The summed E-state index contributed by atoms with van der Waals surface area (Å²) in [6, 6.07) is 12.8. The number of carbonyl (C=O) groups is 2. The predicted octanol–water partition coefficient (Wildman–Crippen LogP) is 2.80. The summed E-state index contributed by atoms with van der Waals surface area (Å²) in [6.07, 6.45) is 5.07. The van der Waals surface area contributed by atoms with Gasteiger partial charge >= 0.3 is 5.97 Å². The van der Waals surface area contributed by atoms with Gasteiger partial charge in [-0.1, -0.05) is 30.3 Å². The van der Waals surface area contributed by atoms with Gasteiger partial charge in [0.2, 0.25) is 0 Å². The molecule has 0 spiro atoms. The number of nitrogens with one attached hydrogen (secondary N) is 2. The van der Waals surface area contributed by atoms with Crippen LogP contribution in [0.2, 0.25) is 0 Å². The molecular formula is C25H29N3O5S. The van der Waals surface area contributed by atoms with Gasteiger partial charge in [-0.15, -0.1) is 0 Å². The van der Waals surface area contributed by atoms with E-state index in [-0.39, 0.29) is 42.3 Å². The van der Waals surface area contributed by atoms with Crippen LogP contribution in [0.1, 0.15) is 60.9 Å². The molecule has 2 aromatic rings. The number of hydrogen-bond donors (Lipinski definition) is 2. The minimum absolute atomic E-state index is 0.0822. The van der Waals surface area contributed by atoms with Crippen molar-refractivity contribution in [3.8, 4) is 0 Å². The van der Waals surface area contributed by atoms with Crippen molar-refractivity contribution in [2.45, 2.75) is 56.4 Å². The Balaban J connectivity index is 1.19. The minimum Gasteiger partial charge on any atom is -0.456 e. The molecule has 34 heavy (non-hydrogen) atoms. The quantitative estimate of drug-likeness (QED) is 0.443. The van der Waals surface area contributed by atoms with E-state index in [1.54, 1.807) is 18.2 Å². The molecule has 4 rings (SSSR count). The highest BCUT2D eigenvalue weighted by Gasteiger charge is 2.29. The fraction of sp³-hybridized carbons (Fsp3) is 0.400. The summed E-state index contributed by atoms with van der Waals surface area (Å²) in [5.41, 5.74) is 4.31. The van der Waals surface area contributed by atoms with E-state index in [1.807, 2.05) is 13.0 Å². The van der Waals surface area contributed by atoms with Crippen molar-refractivity contribution >= 4 is 27.7 Å². The summed E-state index contributed by atoms with van der Waals surface area (Å²) < 4.78 is 31.7. The number of esters is 1. The number of nitrogens with zero attached hydrogens (tertiary/aromatic N) is 1. The summed E-state index contributed by atoms with van der Waals surface area (Å²) in [7, 11) is -3.58. The minimum atomic E-state index is -3.58. The van der Waals surface area contributed by atoms with Gasteiger partial charge in [0.15, 0.2) is 6.61 Å². The highest BCUT2D eigenvalue weighted by atomic mass is 32.2. The molecule has 8 nitrogen and oxygen atoms in total. The first-order valence-electron chi connectivity index (χ1n) is 11.6. The van der Waals surface area contributed by atoms with Gasteiger partial charge in [-0.05, 0) is 67.9 Å². The first kappa shape index (κ1) is 23.9. The van der Waals surface area contributed by atoms with Crippen LogP contribution in [0.5, 0.6) is 0 Å². The number of amidine groups is 1. The Morgan fingerprint density at radius 3 is 2.71 bits per heavy atom. The fourth-order valence-electron chi connectivity index (χ4n) is 4.27. The van der Waals surface area contributed by atoms with Crippen molar-refractivity contribution in [1.82, 2.24) is 10.0 Å². The molecule has 1 amide bonds. The van der Waals surface area contributed by atoms with Crippen LogP contribution in [0.25, 0.3) is 0 Å². The number of hydrogen-bond acceptors (Lipinski definition) is 6. The number of ether oxygens (including phenoxy) is 1. The van der Waals surface area contributed by atoms with Crippen molar-refractivity contribution in [2.24, 2.45) is 4.99 Å². The molecule has 0 aromatic heterocycles. The van der Waals surface area contributed by atoms with E-state index in [0.29, 0.717) is 12.0 Å². The van der Waals surface area contributed by atoms with Gasteiger partial charge in [0.05, 0.1) is 10.9 Å². The van der Waals surface area contributed by atoms with Crippen LogP contribution in [0, 0.1) is 0 Å². The summed E-state index contributed by atoms with van der Waals surface area (Å²) in [5.74, 6) is -0.570. The van der Waals surface area contributed by atoms with Crippen molar-refractivity contribution in [3.05, 3.63) is 64.7 Å². The zero-order chi connectivity index (χ0) is 24.1. The Kier molecular flexibility index (Phi) is 7.31. The summed E-state index contributed by atoms with van der Waals surface area (Å²) >= 11 is 0. The van der Waals surface area contributed by atoms with Crippen LogP contribution in [-0.4, -0.2) is 39.3 Å². The largest absolute Gasteiger partial charge is 0.456 e. The summed E-state index contributed by atoms with van der Waals surface area (Å²) in [4.78, 5) is 28.7. The van der Waals surface area contributed by atoms with Crippen molar-refractivity contribution < 1.29 is 22.7 Å². The molecule has 180 valence electrons. The van der Waals surface area contributed by atoms with Crippen LogP contribution in [0.4, 0.5) is 0 Å². The molecular weight excluding hydrogens is 454 g/mol. The van der Waals surface area contributed by atoms with Gasteiger partial charge in [-0.25, -0.2) is 8.42 Å². The third-order valence-electron chi connectivity index (χ3n) is 6.09. The monoisotopic (exact) mass is 483 g/mol. The maximum Gasteiger partial charge on any atom is 0.306 e.